The molecule has 0 bridgehead atoms. The van der Waals surface area contributed by atoms with Crippen LogP contribution in [0.3, 0.4) is 0 Å². The number of benzene rings is 1. The molecule has 0 saturated heterocycles. The zero-order valence-corrected chi connectivity index (χ0v) is 12.0. The lowest BCUT2D eigenvalue weighted by Gasteiger charge is -2.08. The number of halogens is 2. The summed E-state index contributed by atoms with van der Waals surface area (Å²) in [5, 5.41) is 3.39. The largest absolute Gasteiger partial charge is 0.454 e. The standard InChI is InChI=1S/C12H9BrClN3O2/c13-8-5-16-12(14)17-11(8)15-4-7-1-2-9-10(3-7)19-6-18-9/h1-3,5H,4,6H2,(H,15,16,17). The molecule has 0 spiro atoms. The van der Waals surface area contributed by atoms with Gasteiger partial charge in [-0.25, -0.2) is 4.98 Å². The SMILES string of the molecule is Clc1ncc(Br)c(NCc2ccc3c(c2)OCO3)n1. The highest BCUT2D eigenvalue weighted by Crippen LogP contribution is 2.32. The van der Waals surface area contributed by atoms with E-state index < -0.39 is 0 Å². The number of anilines is 1. The highest BCUT2D eigenvalue weighted by molar-refractivity contribution is 9.10. The van der Waals surface area contributed by atoms with Crippen molar-refractivity contribution in [3.63, 3.8) is 0 Å². The Morgan fingerprint density at radius 3 is 3.05 bits per heavy atom. The Labute approximate surface area is 123 Å². The van der Waals surface area contributed by atoms with Crippen LogP contribution in [0, 0.1) is 0 Å². The van der Waals surface area contributed by atoms with Gasteiger partial charge in [-0.2, -0.15) is 4.98 Å². The molecule has 1 aromatic heterocycles. The molecule has 1 aliphatic rings. The number of nitrogens with one attached hydrogen (secondary N) is 1. The number of hydrogen-bond donors (Lipinski definition) is 1. The second-order valence-electron chi connectivity index (χ2n) is 3.88. The fraction of sp³-hybridized carbons (Fsp3) is 0.167. The minimum Gasteiger partial charge on any atom is -0.454 e. The molecule has 0 atom stereocenters. The molecule has 19 heavy (non-hydrogen) atoms. The number of aromatic nitrogens is 2. The summed E-state index contributed by atoms with van der Waals surface area (Å²) in [5.74, 6) is 2.19. The Kier molecular flexibility index (Phi) is 3.44. The number of hydrogen-bond acceptors (Lipinski definition) is 5. The summed E-state index contributed by atoms with van der Waals surface area (Å²) >= 11 is 9.12. The third-order valence-corrected chi connectivity index (χ3v) is 3.37. The number of ether oxygens (including phenoxy) is 2. The number of rotatable bonds is 3. The van der Waals surface area contributed by atoms with Crippen molar-refractivity contribution in [2.45, 2.75) is 6.54 Å². The molecule has 0 aliphatic carbocycles. The van der Waals surface area contributed by atoms with Crippen LogP contribution >= 0.6 is 27.5 Å². The van der Waals surface area contributed by atoms with Gasteiger partial charge in [0.25, 0.3) is 0 Å². The Morgan fingerprint density at radius 2 is 2.16 bits per heavy atom. The van der Waals surface area contributed by atoms with Gasteiger partial charge in [0, 0.05) is 12.7 Å². The maximum Gasteiger partial charge on any atom is 0.231 e. The van der Waals surface area contributed by atoms with Gasteiger partial charge in [-0.1, -0.05) is 6.07 Å². The van der Waals surface area contributed by atoms with Gasteiger partial charge in [0.1, 0.15) is 5.82 Å². The summed E-state index contributed by atoms with van der Waals surface area (Å²) in [4.78, 5) is 7.97. The van der Waals surface area contributed by atoms with Crippen LogP contribution in [0.2, 0.25) is 5.28 Å². The molecule has 5 nitrogen and oxygen atoms in total. The Balaban J connectivity index is 1.74. The smallest absolute Gasteiger partial charge is 0.231 e. The third-order valence-electron chi connectivity index (χ3n) is 2.61. The minimum absolute atomic E-state index is 0.205. The second kappa shape index (κ2) is 5.22. The van der Waals surface area contributed by atoms with Crippen molar-refractivity contribution in [1.82, 2.24) is 9.97 Å². The lowest BCUT2D eigenvalue weighted by atomic mass is 10.2. The highest BCUT2D eigenvalue weighted by Gasteiger charge is 2.13. The van der Waals surface area contributed by atoms with Crippen molar-refractivity contribution in [2.24, 2.45) is 0 Å². The maximum atomic E-state index is 5.76. The molecule has 3 rings (SSSR count). The van der Waals surface area contributed by atoms with Crippen LogP contribution in [0.25, 0.3) is 0 Å². The zero-order valence-electron chi connectivity index (χ0n) is 9.69. The average Bonchev–Trinajstić information content (AvgIpc) is 2.87. The van der Waals surface area contributed by atoms with E-state index in [0.717, 1.165) is 21.5 Å². The van der Waals surface area contributed by atoms with Gasteiger partial charge < -0.3 is 14.8 Å². The van der Waals surface area contributed by atoms with Gasteiger partial charge in [-0.3, -0.25) is 0 Å². The van der Waals surface area contributed by atoms with Crippen LogP contribution in [-0.4, -0.2) is 16.8 Å². The molecular weight excluding hydrogens is 334 g/mol. The summed E-state index contributed by atoms with van der Waals surface area (Å²) in [5.41, 5.74) is 1.06. The van der Waals surface area contributed by atoms with Crippen LogP contribution < -0.4 is 14.8 Å². The highest BCUT2D eigenvalue weighted by atomic mass is 79.9. The van der Waals surface area contributed by atoms with Crippen LogP contribution in [0.15, 0.2) is 28.9 Å². The lowest BCUT2D eigenvalue weighted by molar-refractivity contribution is 0.174. The fourth-order valence-corrected chi connectivity index (χ4v) is 2.17. The predicted octanol–water partition coefficient (Wildman–Crippen LogP) is 3.23. The monoisotopic (exact) mass is 341 g/mol. The zero-order chi connectivity index (χ0) is 13.2. The number of nitrogens with zero attached hydrogens (tertiary/aromatic N) is 2. The molecule has 0 amide bonds. The van der Waals surface area contributed by atoms with Crippen LogP contribution in [0.4, 0.5) is 5.82 Å². The first-order valence-electron chi connectivity index (χ1n) is 5.53. The summed E-state index contributed by atoms with van der Waals surface area (Å²) in [6.07, 6.45) is 1.61. The van der Waals surface area contributed by atoms with Crippen molar-refractivity contribution in [1.29, 1.82) is 0 Å². The fourth-order valence-electron chi connectivity index (χ4n) is 1.71. The van der Waals surface area contributed by atoms with E-state index in [1.165, 1.54) is 0 Å². The summed E-state index contributed by atoms with van der Waals surface area (Å²) in [6.45, 7) is 0.877. The van der Waals surface area contributed by atoms with Gasteiger partial charge in [0.15, 0.2) is 11.5 Å². The van der Waals surface area contributed by atoms with Gasteiger partial charge in [-0.15, -0.1) is 0 Å². The molecule has 7 heteroatoms. The average molecular weight is 343 g/mol. The van der Waals surface area contributed by atoms with E-state index in [9.17, 15) is 0 Å². The minimum atomic E-state index is 0.205. The Morgan fingerprint density at radius 1 is 1.32 bits per heavy atom. The van der Waals surface area contributed by atoms with E-state index in [4.69, 9.17) is 21.1 Å². The molecule has 1 aromatic carbocycles. The Hall–Kier alpha value is -1.53. The normalized spacial score (nSPS) is 12.5. The quantitative estimate of drug-likeness (QED) is 0.868. The molecule has 1 N–H and O–H groups in total. The maximum absolute atomic E-state index is 5.76. The van der Waals surface area contributed by atoms with Crippen LogP contribution in [0.1, 0.15) is 5.56 Å². The summed E-state index contributed by atoms with van der Waals surface area (Å²) in [6, 6.07) is 5.80. The first kappa shape index (κ1) is 12.5. The van der Waals surface area contributed by atoms with E-state index in [1.54, 1.807) is 6.20 Å². The molecule has 2 aromatic rings. The Bertz CT molecular complexity index is 624. The van der Waals surface area contributed by atoms with E-state index >= 15 is 0 Å². The topological polar surface area (TPSA) is 56.3 Å². The molecule has 0 fully saturated rings. The first-order chi connectivity index (χ1) is 9.22. The van der Waals surface area contributed by atoms with Gasteiger partial charge >= 0.3 is 0 Å². The van der Waals surface area contributed by atoms with Crippen molar-refractivity contribution in [2.75, 3.05) is 12.1 Å². The van der Waals surface area contributed by atoms with Gasteiger partial charge in [0.05, 0.1) is 4.47 Å². The van der Waals surface area contributed by atoms with E-state index in [2.05, 4.69) is 31.2 Å². The molecular formula is C12H9BrClN3O2. The third kappa shape index (κ3) is 2.74. The second-order valence-corrected chi connectivity index (χ2v) is 5.07. The first-order valence-corrected chi connectivity index (χ1v) is 6.70. The van der Waals surface area contributed by atoms with Crippen LogP contribution in [-0.2, 0) is 6.54 Å². The molecule has 98 valence electrons. The van der Waals surface area contributed by atoms with Crippen molar-refractivity contribution >= 4 is 33.3 Å². The molecule has 0 saturated carbocycles. The van der Waals surface area contributed by atoms with Gasteiger partial charge in [0.2, 0.25) is 12.1 Å². The van der Waals surface area contributed by atoms with Crippen molar-refractivity contribution in [3.8, 4) is 11.5 Å². The van der Waals surface area contributed by atoms with E-state index in [0.29, 0.717) is 12.4 Å². The van der Waals surface area contributed by atoms with Crippen molar-refractivity contribution < 1.29 is 9.47 Å². The van der Waals surface area contributed by atoms with E-state index in [-0.39, 0.29) is 12.1 Å². The predicted molar refractivity (Wildman–Crippen MR) is 74.6 cm³/mol. The van der Waals surface area contributed by atoms with E-state index in [1.807, 2.05) is 18.2 Å². The van der Waals surface area contributed by atoms with Crippen LogP contribution in [0.5, 0.6) is 11.5 Å². The summed E-state index contributed by atoms with van der Waals surface area (Å²) < 4.78 is 11.4. The molecule has 0 radical (unpaired) electrons. The van der Waals surface area contributed by atoms with Gasteiger partial charge in [-0.05, 0) is 45.2 Å². The van der Waals surface area contributed by atoms with Crippen molar-refractivity contribution in [3.05, 3.63) is 39.7 Å². The molecule has 2 heterocycles. The molecule has 0 unspecified atom stereocenters. The summed E-state index contributed by atoms with van der Waals surface area (Å²) in [7, 11) is 0. The number of fused-ring (bicyclic) bond motifs is 1. The molecule has 1 aliphatic heterocycles. The lowest BCUT2D eigenvalue weighted by Crippen LogP contribution is -2.03.